The highest BCUT2D eigenvalue weighted by Gasteiger charge is 2.36. The molecule has 2 aromatic heterocycles. The molecule has 38 heavy (non-hydrogen) atoms. The van der Waals surface area contributed by atoms with Crippen LogP contribution in [0.4, 0.5) is 11.4 Å². The van der Waals surface area contributed by atoms with E-state index in [1.807, 2.05) is 0 Å². The third-order valence-corrected chi connectivity index (χ3v) is 6.21. The molecule has 184 valence electrons. The summed E-state index contributed by atoms with van der Waals surface area (Å²) >= 11 is 0. The van der Waals surface area contributed by atoms with E-state index in [0.717, 1.165) is 4.90 Å². The second-order valence-corrected chi connectivity index (χ2v) is 8.37. The summed E-state index contributed by atoms with van der Waals surface area (Å²) in [5.74, 6) is -2.66. The number of anilines is 1. The van der Waals surface area contributed by atoms with Gasteiger partial charge in [0, 0.05) is 58.5 Å². The molecule has 0 unspecified atom stereocenters. The molecule has 12 nitrogen and oxygen atoms in total. The number of benzene rings is 3. The normalized spacial score (nSPS) is 12.7. The van der Waals surface area contributed by atoms with Gasteiger partial charge in [-0.05, 0) is 36.4 Å². The maximum absolute atomic E-state index is 13.6. The number of imide groups is 1. The number of rotatable bonds is 6. The quantitative estimate of drug-likeness (QED) is 0.152. The fraction of sp³-hybridized carbons (Fsp3) is 0. The Bertz CT molecular complexity index is 1740. The summed E-state index contributed by atoms with van der Waals surface area (Å²) in [7, 11) is 0. The minimum Gasteiger partial charge on any atom is -0.342 e. The summed E-state index contributed by atoms with van der Waals surface area (Å²) < 4.78 is 0. The van der Waals surface area contributed by atoms with Gasteiger partial charge in [-0.3, -0.25) is 29.3 Å². The lowest BCUT2D eigenvalue weighted by Gasteiger charge is -2.27. The molecule has 3 aromatic carbocycles. The lowest BCUT2D eigenvalue weighted by atomic mass is 9.92. The van der Waals surface area contributed by atoms with Gasteiger partial charge in [0.05, 0.1) is 16.0 Å². The molecular formula is C26H14N6O6. The van der Waals surface area contributed by atoms with Crippen molar-refractivity contribution in [2.75, 3.05) is 4.90 Å². The summed E-state index contributed by atoms with van der Waals surface area (Å²) in [5.41, 5.74) is -0.128. The number of nitro benzene ring substituents is 1. The number of ketones is 2. The van der Waals surface area contributed by atoms with Crippen LogP contribution in [-0.4, -0.2) is 48.2 Å². The van der Waals surface area contributed by atoms with Gasteiger partial charge in [-0.15, -0.1) is 0 Å². The number of nitrogens with one attached hydrogen (secondary N) is 2. The fourth-order valence-electron chi connectivity index (χ4n) is 4.53. The van der Waals surface area contributed by atoms with Crippen molar-refractivity contribution in [2.45, 2.75) is 0 Å². The Hall–Kier alpha value is -5.78. The number of nitro groups is 1. The molecule has 0 atom stereocenters. The van der Waals surface area contributed by atoms with E-state index in [1.54, 1.807) is 0 Å². The van der Waals surface area contributed by atoms with Crippen LogP contribution in [0, 0.1) is 10.1 Å². The van der Waals surface area contributed by atoms with Gasteiger partial charge in [0.1, 0.15) is 0 Å². The first-order valence-corrected chi connectivity index (χ1v) is 11.2. The molecule has 0 radical (unpaired) electrons. The van der Waals surface area contributed by atoms with Gasteiger partial charge in [-0.2, -0.15) is 0 Å². The third-order valence-electron chi connectivity index (χ3n) is 6.21. The number of non-ortho nitro benzene ring substituents is 1. The summed E-state index contributed by atoms with van der Waals surface area (Å²) in [6.45, 7) is 0. The molecule has 0 saturated heterocycles. The number of aromatic nitrogens is 4. The summed E-state index contributed by atoms with van der Waals surface area (Å²) in [6, 6.07) is 10.9. The number of aromatic amines is 2. The number of H-pyrrole nitrogens is 2. The second kappa shape index (κ2) is 8.41. The number of nitrogens with zero attached hydrogens (tertiary/aromatic N) is 4. The average molecular weight is 506 g/mol. The third kappa shape index (κ3) is 3.39. The van der Waals surface area contributed by atoms with E-state index < -0.39 is 28.3 Å². The summed E-state index contributed by atoms with van der Waals surface area (Å²) in [6.07, 6.45) is 5.70. The monoisotopic (exact) mass is 506 g/mol. The van der Waals surface area contributed by atoms with Gasteiger partial charge in [-0.1, -0.05) is 6.07 Å². The number of carbonyl (C=O) groups is 4. The molecule has 1 aliphatic rings. The molecule has 1 aliphatic heterocycles. The molecule has 2 amide bonds. The zero-order valence-corrected chi connectivity index (χ0v) is 19.2. The van der Waals surface area contributed by atoms with Crippen molar-refractivity contribution >= 4 is 45.5 Å². The van der Waals surface area contributed by atoms with Crippen molar-refractivity contribution in [3.8, 4) is 0 Å². The highest BCUT2D eigenvalue weighted by molar-refractivity contribution is 6.36. The van der Waals surface area contributed by atoms with E-state index in [0.29, 0.717) is 0 Å². The van der Waals surface area contributed by atoms with Crippen LogP contribution in [0.3, 0.4) is 0 Å². The molecule has 0 aliphatic carbocycles. The predicted molar refractivity (Wildman–Crippen MR) is 132 cm³/mol. The van der Waals surface area contributed by atoms with Crippen molar-refractivity contribution in [2.24, 2.45) is 0 Å². The number of amides is 2. The lowest BCUT2D eigenvalue weighted by molar-refractivity contribution is -0.383. The van der Waals surface area contributed by atoms with Gasteiger partial charge in [0.2, 0.25) is 11.6 Å². The Morgan fingerprint density at radius 1 is 0.816 bits per heavy atom. The van der Waals surface area contributed by atoms with E-state index in [2.05, 4.69) is 19.9 Å². The lowest BCUT2D eigenvalue weighted by Crippen LogP contribution is -2.40. The van der Waals surface area contributed by atoms with Crippen molar-refractivity contribution in [3.63, 3.8) is 0 Å². The van der Waals surface area contributed by atoms with E-state index in [-0.39, 0.29) is 56.0 Å². The molecule has 2 N–H and O–H groups in total. The maximum atomic E-state index is 13.6. The van der Waals surface area contributed by atoms with Crippen LogP contribution in [0.1, 0.15) is 53.1 Å². The number of hydrogen-bond acceptors (Lipinski definition) is 8. The smallest absolute Gasteiger partial charge is 0.277 e. The van der Waals surface area contributed by atoms with Crippen molar-refractivity contribution in [1.29, 1.82) is 0 Å². The van der Waals surface area contributed by atoms with Crippen LogP contribution in [0.2, 0.25) is 0 Å². The Kier molecular flexibility index (Phi) is 5.02. The van der Waals surface area contributed by atoms with Crippen LogP contribution >= 0.6 is 0 Å². The average Bonchev–Trinajstić information content (AvgIpc) is 3.65. The molecular weight excluding hydrogens is 492 g/mol. The molecule has 0 bridgehead atoms. The van der Waals surface area contributed by atoms with Gasteiger partial charge < -0.3 is 9.97 Å². The largest absolute Gasteiger partial charge is 0.342 e. The standard InChI is InChI=1S/C26H14N6O6/c33-21(23-27-6-7-28-23)13-10-14(22(34)24-29-8-9-30-24)12-15(11-13)31-25(35)17-3-1-2-16-19(32(37)38)5-4-18(20(16)17)26(31)36/h1-12H,(H,27,28)(H,29,30). The fourth-order valence-corrected chi connectivity index (χ4v) is 4.53. The van der Waals surface area contributed by atoms with Crippen LogP contribution in [0.15, 0.2) is 73.3 Å². The SMILES string of the molecule is O=C(c1cc(C(=O)c2ncc[nH]2)cc(N2C(=O)c3cccc4c([N+](=O)[O-])ccc(c34)C2=O)c1)c1ncc[nH]1. The number of imidazole rings is 2. The molecule has 0 spiro atoms. The number of carbonyl (C=O) groups excluding carboxylic acids is 4. The topological polar surface area (TPSA) is 172 Å². The summed E-state index contributed by atoms with van der Waals surface area (Å²) in [4.78, 5) is 78.7. The number of hydrogen-bond donors (Lipinski definition) is 2. The maximum Gasteiger partial charge on any atom is 0.277 e. The Morgan fingerprint density at radius 2 is 1.39 bits per heavy atom. The van der Waals surface area contributed by atoms with E-state index in [4.69, 9.17) is 0 Å². The molecule has 0 fully saturated rings. The summed E-state index contributed by atoms with van der Waals surface area (Å²) in [5, 5.41) is 11.9. The first kappa shape index (κ1) is 22.7. The zero-order valence-electron chi connectivity index (χ0n) is 19.2. The first-order chi connectivity index (χ1) is 18.3. The molecule has 3 heterocycles. The van der Waals surface area contributed by atoms with Crippen LogP contribution in [0.5, 0.6) is 0 Å². The zero-order chi connectivity index (χ0) is 26.6. The highest BCUT2D eigenvalue weighted by Crippen LogP contribution is 2.37. The van der Waals surface area contributed by atoms with Gasteiger partial charge in [0.15, 0.2) is 11.6 Å². The highest BCUT2D eigenvalue weighted by atomic mass is 16.6. The molecule has 0 saturated carbocycles. The molecule has 5 aromatic rings. The van der Waals surface area contributed by atoms with Crippen LogP contribution < -0.4 is 4.90 Å². The second-order valence-electron chi connectivity index (χ2n) is 8.37. The van der Waals surface area contributed by atoms with E-state index in [1.165, 1.54) is 73.3 Å². The first-order valence-electron chi connectivity index (χ1n) is 11.2. The van der Waals surface area contributed by atoms with E-state index in [9.17, 15) is 29.3 Å². The minimum absolute atomic E-state index is 0.000612. The Morgan fingerprint density at radius 3 is 1.92 bits per heavy atom. The van der Waals surface area contributed by atoms with Crippen molar-refractivity contribution in [3.05, 3.63) is 117 Å². The van der Waals surface area contributed by atoms with Gasteiger partial charge in [-0.25, -0.2) is 14.9 Å². The predicted octanol–water partition coefficient (Wildman–Crippen LogP) is 3.46. The Labute approximate surface area is 212 Å². The van der Waals surface area contributed by atoms with Crippen LogP contribution in [-0.2, 0) is 0 Å². The molecule has 6 rings (SSSR count). The van der Waals surface area contributed by atoms with Crippen molar-refractivity contribution < 1.29 is 24.1 Å². The molecule has 12 heteroatoms. The van der Waals surface area contributed by atoms with Gasteiger partial charge >= 0.3 is 0 Å². The Balaban J connectivity index is 1.54. The van der Waals surface area contributed by atoms with Crippen molar-refractivity contribution in [1.82, 2.24) is 19.9 Å². The minimum atomic E-state index is -0.757. The van der Waals surface area contributed by atoms with E-state index >= 15 is 0 Å². The van der Waals surface area contributed by atoms with Crippen LogP contribution in [0.25, 0.3) is 10.8 Å². The van der Waals surface area contributed by atoms with Gasteiger partial charge in [0.25, 0.3) is 17.5 Å².